The molecule has 1 aromatic carbocycles. The van der Waals surface area contributed by atoms with Crippen LogP contribution in [0.4, 0.5) is 0 Å². The van der Waals surface area contributed by atoms with E-state index in [9.17, 15) is 4.79 Å². The number of nitrogens with zero attached hydrogens (tertiary/aromatic N) is 1. The fourth-order valence-corrected chi connectivity index (χ4v) is 3.55. The minimum atomic E-state index is 0.0496. The molecule has 0 bridgehead atoms. The molecule has 1 atom stereocenters. The number of allylic oxidation sites excluding steroid dienone is 1. The molecule has 1 aliphatic carbocycles. The molecule has 0 spiro atoms. The van der Waals surface area contributed by atoms with Crippen molar-refractivity contribution in [2.24, 2.45) is 0 Å². The Morgan fingerprint density at radius 1 is 1.24 bits per heavy atom. The number of amides is 1. The third kappa shape index (κ3) is 4.36. The first-order valence-electron chi connectivity index (χ1n) is 9.17. The zero-order chi connectivity index (χ0) is 17.6. The molecular formula is C22H26N2O. The number of aromatic nitrogens is 1. The van der Waals surface area contributed by atoms with Gasteiger partial charge in [0.1, 0.15) is 0 Å². The SMILES string of the molecule is CCCCC=C(c1cccnc1)c1ccc2c(c1)CC(NC(C)=O)C2. The fourth-order valence-electron chi connectivity index (χ4n) is 3.55. The highest BCUT2D eigenvalue weighted by atomic mass is 16.1. The Labute approximate surface area is 150 Å². The van der Waals surface area contributed by atoms with Gasteiger partial charge < -0.3 is 5.32 Å². The Morgan fingerprint density at radius 3 is 2.80 bits per heavy atom. The van der Waals surface area contributed by atoms with E-state index in [0.717, 1.165) is 24.8 Å². The van der Waals surface area contributed by atoms with Crippen LogP contribution in [0.5, 0.6) is 0 Å². The Morgan fingerprint density at radius 2 is 2.08 bits per heavy atom. The molecule has 0 aliphatic heterocycles. The maximum Gasteiger partial charge on any atom is 0.217 e. The molecule has 0 saturated carbocycles. The molecule has 1 aliphatic rings. The lowest BCUT2D eigenvalue weighted by Gasteiger charge is -2.11. The van der Waals surface area contributed by atoms with Crippen LogP contribution in [-0.4, -0.2) is 16.9 Å². The van der Waals surface area contributed by atoms with E-state index < -0.39 is 0 Å². The van der Waals surface area contributed by atoms with Crippen molar-refractivity contribution in [2.45, 2.75) is 52.0 Å². The normalized spacial score (nSPS) is 16.6. The summed E-state index contributed by atoms with van der Waals surface area (Å²) in [5.74, 6) is 0.0496. The van der Waals surface area contributed by atoms with Crippen molar-refractivity contribution in [3.8, 4) is 0 Å². The summed E-state index contributed by atoms with van der Waals surface area (Å²) in [6.07, 6.45) is 11.4. The standard InChI is InChI=1S/C22H26N2O/c1-3-4-5-8-22(19-7-6-11-23-15-19)18-10-9-17-13-21(24-16(2)25)14-20(17)12-18/h6-12,15,21H,3-5,13-14H2,1-2H3,(H,24,25). The molecule has 1 unspecified atom stereocenters. The van der Waals surface area contributed by atoms with Crippen molar-refractivity contribution < 1.29 is 4.79 Å². The van der Waals surface area contributed by atoms with Crippen molar-refractivity contribution in [3.05, 3.63) is 71.1 Å². The predicted molar refractivity (Wildman–Crippen MR) is 102 cm³/mol. The predicted octanol–water partition coefficient (Wildman–Crippen LogP) is 4.31. The lowest BCUT2D eigenvalue weighted by molar-refractivity contribution is -0.119. The zero-order valence-electron chi connectivity index (χ0n) is 15.1. The molecule has 0 saturated heterocycles. The van der Waals surface area contributed by atoms with Gasteiger partial charge in [-0.2, -0.15) is 0 Å². The summed E-state index contributed by atoms with van der Waals surface area (Å²) < 4.78 is 0. The largest absolute Gasteiger partial charge is 0.353 e. The van der Waals surface area contributed by atoms with E-state index in [1.807, 2.05) is 18.5 Å². The number of rotatable bonds is 6. The van der Waals surface area contributed by atoms with E-state index in [2.05, 4.69) is 47.6 Å². The lowest BCUT2D eigenvalue weighted by atomic mass is 9.95. The highest BCUT2D eigenvalue weighted by molar-refractivity contribution is 5.80. The van der Waals surface area contributed by atoms with Crippen molar-refractivity contribution in [2.75, 3.05) is 0 Å². The van der Waals surface area contributed by atoms with Gasteiger partial charge in [-0.3, -0.25) is 9.78 Å². The third-order valence-electron chi connectivity index (χ3n) is 4.74. The van der Waals surface area contributed by atoms with Crippen LogP contribution in [-0.2, 0) is 17.6 Å². The summed E-state index contributed by atoms with van der Waals surface area (Å²) >= 11 is 0. The van der Waals surface area contributed by atoms with Gasteiger partial charge in [-0.1, -0.05) is 50.1 Å². The number of pyridine rings is 1. The zero-order valence-corrected chi connectivity index (χ0v) is 15.1. The second-order valence-corrected chi connectivity index (χ2v) is 6.79. The van der Waals surface area contributed by atoms with Gasteiger partial charge in [0.2, 0.25) is 5.91 Å². The molecule has 1 N–H and O–H groups in total. The molecular weight excluding hydrogens is 308 g/mol. The number of carbonyl (C=O) groups excluding carboxylic acids is 1. The van der Waals surface area contributed by atoms with Crippen LogP contribution < -0.4 is 5.32 Å². The first-order valence-corrected chi connectivity index (χ1v) is 9.17. The van der Waals surface area contributed by atoms with Gasteiger partial charge in [0, 0.05) is 30.9 Å². The molecule has 3 rings (SSSR count). The summed E-state index contributed by atoms with van der Waals surface area (Å²) in [4.78, 5) is 15.6. The van der Waals surface area contributed by atoms with Crippen molar-refractivity contribution in [1.82, 2.24) is 10.3 Å². The van der Waals surface area contributed by atoms with Gasteiger partial charge >= 0.3 is 0 Å². The van der Waals surface area contributed by atoms with E-state index in [4.69, 9.17) is 0 Å². The smallest absolute Gasteiger partial charge is 0.217 e. The van der Waals surface area contributed by atoms with E-state index in [0.29, 0.717) is 0 Å². The van der Waals surface area contributed by atoms with Gasteiger partial charge in [-0.25, -0.2) is 0 Å². The minimum absolute atomic E-state index is 0.0496. The summed E-state index contributed by atoms with van der Waals surface area (Å²) in [6, 6.07) is 11.1. The molecule has 1 heterocycles. The Kier molecular flexibility index (Phi) is 5.64. The average Bonchev–Trinajstić information content (AvgIpc) is 3.00. The third-order valence-corrected chi connectivity index (χ3v) is 4.74. The second-order valence-electron chi connectivity index (χ2n) is 6.79. The Balaban J connectivity index is 1.88. The van der Waals surface area contributed by atoms with E-state index >= 15 is 0 Å². The topological polar surface area (TPSA) is 42.0 Å². The fraction of sp³-hybridized carbons (Fsp3) is 0.364. The van der Waals surface area contributed by atoms with Crippen LogP contribution in [0.15, 0.2) is 48.8 Å². The molecule has 3 heteroatoms. The Hall–Kier alpha value is -2.42. The number of nitrogens with one attached hydrogen (secondary N) is 1. The Bertz CT molecular complexity index is 765. The van der Waals surface area contributed by atoms with Crippen LogP contribution in [0.2, 0.25) is 0 Å². The number of carbonyl (C=O) groups is 1. The molecule has 3 nitrogen and oxygen atoms in total. The van der Waals surface area contributed by atoms with Gasteiger partial charge in [0.15, 0.2) is 0 Å². The van der Waals surface area contributed by atoms with Gasteiger partial charge in [-0.05, 0) is 47.6 Å². The number of hydrogen-bond donors (Lipinski definition) is 1. The first-order chi connectivity index (χ1) is 12.2. The van der Waals surface area contributed by atoms with Crippen molar-refractivity contribution in [3.63, 3.8) is 0 Å². The lowest BCUT2D eigenvalue weighted by Crippen LogP contribution is -2.33. The number of fused-ring (bicyclic) bond motifs is 1. The van der Waals surface area contributed by atoms with Gasteiger partial charge in [0.05, 0.1) is 0 Å². The van der Waals surface area contributed by atoms with Crippen LogP contribution in [0, 0.1) is 0 Å². The molecule has 1 aromatic heterocycles. The van der Waals surface area contributed by atoms with Gasteiger partial charge in [-0.15, -0.1) is 0 Å². The molecule has 130 valence electrons. The molecule has 0 fully saturated rings. The monoisotopic (exact) mass is 334 g/mol. The summed E-state index contributed by atoms with van der Waals surface area (Å²) in [5, 5.41) is 3.05. The maximum absolute atomic E-state index is 11.3. The van der Waals surface area contributed by atoms with Crippen LogP contribution >= 0.6 is 0 Å². The second kappa shape index (κ2) is 8.11. The molecule has 0 radical (unpaired) electrons. The number of hydrogen-bond acceptors (Lipinski definition) is 2. The van der Waals surface area contributed by atoms with Crippen molar-refractivity contribution in [1.29, 1.82) is 0 Å². The summed E-state index contributed by atoms with van der Waals surface area (Å²) in [5.41, 5.74) is 6.36. The van der Waals surface area contributed by atoms with E-state index in [-0.39, 0.29) is 11.9 Å². The van der Waals surface area contributed by atoms with Crippen LogP contribution in [0.3, 0.4) is 0 Å². The quantitative estimate of drug-likeness (QED) is 0.800. The number of benzene rings is 1. The number of unbranched alkanes of at least 4 members (excludes halogenated alkanes) is 2. The highest BCUT2D eigenvalue weighted by Crippen LogP contribution is 2.29. The summed E-state index contributed by atoms with van der Waals surface area (Å²) in [6.45, 7) is 3.81. The van der Waals surface area contributed by atoms with Gasteiger partial charge in [0.25, 0.3) is 0 Å². The average molecular weight is 334 g/mol. The molecule has 1 amide bonds. The van der Waals surface area contributed by atoms with Crippen LogP contribution in [0.1, 0.15) is 55.4 Å². The molecule has 2 aromatic rings. The van der Waals surface area contributed by atoms with Crippen LogP contribution in [0.25, 0.3) is 5.57 Å². The van der Waals surface area contributed by atoms with E-state index in [1.165, 1.54) is 35.1 Å². The van der Waals surface area contributed by atoms with Crippen molar-refractivity contribution >= 4 is 11.5 Å². The highest BCUT2D eigenvalue weighted by Gasteiger charge is 2.22. The first kappa shape index (κ1) is 17.4. The molecule has 25 heavy (non-hydrogen) atoms. The summed E-state index contributed by atoms with van der Waals surface area (Å²) in [7, 11) is 0. The minimum Gasteiger partial charge on any atom is -0.353 e. The maximum atomic E-state index is 11.3. The van der Waals surface area contributed by atoms with E-state index in [1.54, 1.807) is 6.92 Å².